The van der Waals surface area contributed by atoms with Crippen LogP contribution >= 0.6 is 0 Å². The zero-order valence-corrected chi connectivity index (χ0v) is 27.8. The van der Waals surface area contributed by atoms with Gasteiger partial charge in [-0.25, -0.2) is 0 Å². The van der Waals surface area contributed by atoms with Crippen LogP contribution in [0.25, 0.3) is 66.1 Å². The number of rotatable bonds is 5. The summed E-state index contributed by atoms with van der Waals surface area (Å²) in [6, 6.07) is 43.3. The van der Waals surface area contributed by atoms with Crippen molar-refractivity contribution in [3.8, 4) is 33.4 Å². The Hall–Kier alpha value is -5.20. The first-order valence-corrected chi connectivity index (χ1v) is 17.0. The summed E-state index contributed by atoms with van der Waals surface area (Å²) < 4.78 is 0. The van der Waals surface area contributed by atoms with Gasteiger partial charge in [0, 0.05) is 5.41 Å². The Labute approximate surface area is 279 Å². The standard InChI is InChI=1S/C47H40/c1-5-15-31(6-2)32-16-13-18-35(28-32)45-39-21-7-9-23-41(39)46(42-24-10-8-22-40(42)45)36-19-14-17-33(29-36)34-26-27-38-37-20-11-12-25-43(37)47(3,4)44(38)30-34/h5-11,13-24,26-30H,12,25H2,1-4H3/b15-5-,31-6+. The minimum atomic E-state index is 0.0586. The van der Waals surface area contributed by atoms with Crippen LogP contribution in [0.5, 0.6) is 0 Å². The van der Waals surface area contributed by atoms with Crippen molar-refractivity contribution >= 4 is 32.7 Å². The van der Waals surface area contributed by atoms with Crippen LogP contribution in [0.15, 0.2) is 151 Å². The van der Waals surface area contributed by atoms with Crippen LogP contribution in [-0.4, -0.2) is 0 Å². The summed E-state index contributed by atoms with van der Waals surface area (Å²) in [5.74, 6) is 0. The van der Waals surface area contributed by atoms with Gasteiger partial charge in [0.2, 0.25) is 0 Å². The normalized spacial score (nSPS) is 15.5. The summed E-state index contributed by atoms with van der Waals surface area (Å²) in [5, 5.41) is 5.12. The molecule has 0 aromatic heterocycles. The Morgan fingerprint density at radius 1 is 0.617 bits per heavy atom. The van der Waals surface area contributed by atoms with Crippen LogP contribution in [0.1, 0.15) is 57.2 Å². The van der Waals surface area contributed by atoms with E-state index in [1.807, 2.05) is 0 Å². The van der Waals surface area contributed by atoms with Gasteiger partial charge in [-0.1, -0.05) is 147 Å². The minimum Gasteiger partial charge on any atom is -0.0871 e. The molecule has 0 N–H and O–H groups in total. The van der Waals surface area contributed by atoms with Crippen molar-refractivity contribution < 1.29 is 0 Å². The molecule has 0 radical (unpaired) electrons. The average Bonchev–Trinajstić information content (AvgIpc) is 3.35. The van der Waals surface area contributed by atoms with Crippen molar-refractivity contribution in [1.29, 1.82) is 0 Å². The van der Waals surface area contributed by atoms with E-state index in [9.17, 15) is 0 Å². The number of allylic oxidation sites excluding steroid dienone is 8. The molecule has 0 bridgehead atoms. The van der Waals surface area contributed by atoms with Gasteiger partial charge < -0.3 is 0 Å². The average molecular weight is 605 g/mol. The van der Waals surface area contributed by atoms with Gasteiger partial charge in [0.1, 0.15) is 0 Å². The van der Waals surface area contributed by atoms with Gasteiger partial charge in [0.05, 0.1) is 0 Å². The molecule has 0 fully saturated rings. The maximum Gasteiger partial charge on any atom is 0.0121 e. The maximum atomic E-state index is 2.46. The van der Waals surface area contributed by atoms with Crippen LogP contribution < -0.4 is 0 Å². The molecule has 47 heavy (non-hydrogen) atoms. The topological polar surface area (TPSA) is 0 Å². The van der Waals surface area contributed by atoms with Crippen molar-refractivity contribution in [2.45, 2.75) is 46.0 Å². The first-order chi connectivity index (χ1) is 23.0. The van der Waals surface area contributed by atoms with Gasteiger partial charge in [-0.3, -0.25) is 0 Å². The van der Waals surface area contributed by atoms with Crippen LogP contribution in [0, 0.1) is 0 Å². The highest BCUT2D eigenvalue weighted by molar-refractivity contribution is 6.21. The molecule has 0 saturated heterocycles. The first-order valence-electron chi connectivity index (χ1n) is 17.0. The monoisotopic (exact) mass is 604 g/mol. The zero-order valence-electron chi connectivity index (χ0n) is 27.8. The van der Waals surface area contributed by atoms with E-state index in [0.717, 1.165) is 12.8 Å². The molecule has 6 aromatic rings. The Balaban J connectivity index is 1.31. The Morgan fingerprint density at radius 2 is 1.21 bits per heavy atom. The van der Waals surface area contributed by atoms with Crippen molar-refractivity contribution in [3.63, 3.8) is 0 Å². The van der Waals surface area contributed by atoms with Crippen LogP contribution in [-0.2, 0) is 5.41 Å². The van der Waals surface area contributed by atoms with E-state index >= 15 is 0 Å². The number of benzene rings is 6. The second-order valence-corrected chi connectivity index (χ2v) is 13.5. The highest BCUT2D eigenvalue weighted by Crippen LogP contribution is 2.51. The van der Waals surface area contributed by atoms with E-state index in [4.69, 9.17) is 0 Å². The SMILES string of the molecule is C/C=C\C(=C/C)c1cccc(-c2c3ccccc3c(-c3cccc(-c4ccc5c(c4)C(C)(C)C4=C5C=CCC4)c3)c3ccccc23)c1. The highest BCUT2D eigenvalue weighted by Gasteiger charge is 2.37. The molecule has 8 rings (SSSR count). The molecule has 0 heteroatoms. The summed E-state index contributed by atoms with van der Waals surface area (Å²) >= 11 is 0. The van der Waals surface area contributed by atoms with Gasteiger partial charge >= 0.3 is 0 Å². The zero-order chi connectivity index (χ0) is 32.1. The van der Waals surface area contributed by atoms with Crippen molar-refractivity contribution in [2.75, 3.05) is 0 Å². The van der Waals surface area contributed by atoms with E-state index in [1.54, 1.807) is 5.57 Å². The Kier molecular flexibility index (Phi) is 7.18. The quantitative estimate of drug-likeness (QED) is 0.136. The largest absolute Gasteiger partial charge is 0.0871 e. The van der Waals surface area contributed by atoms with E-state index in [2.05, 4.69) is 173 Å². The Bertz CT molecular complexity index is 2280. The van der Waals surface area contributed by atoms with E-state index in [0.29, 0.717) is 0 Å². The van der Waals surface area contributed by atoms with E-state index < -0.39 is 0 Å². The molecular formula is C47H40. The highest BCUT2D eigenvalue weighted by atomic mass is 14.4. The maximum absolute atomic E-state index is 2.46. The molecule has 0 heterocycles. The number of hydrogen-bond donors (Lipinski definition) is 0. The molecule has 6 aromatic carbocycles. The molecular weight excluding hydrogens is 565 g/mol. The number of hydrogen-bond acceptors (Lipinski definition) is 0. The predicted molar refractivity (Wildman–Crippen MR) is 205 cm³/mol. The Morgan fingerprint density at radius 3 is 1.85 bits per heavy atom. The molecule has 228 valence electrons. The van der Waals surface area contributed by atoms with Gasteiger partial charge in [-0.2, -0.15) is 0 Å². The smallest absolute Gasteiger partial charge is 0.0121 e. The lowest BCUT2D eigenvalue weighted by Crippen LogP contribution is -2.17. The van der Waals surface area contributed by atoms with Crippen molar-refractivity contribution in [2.24, 2.45) is 0 Å². The van der Waals surface area contributed by atoms with Crippen LogP contribution in [0.2, 0.25) is 0 Å². The summed E-state index contributed by atoms with van der Waals surface area (Å²) in [4.78, 5) is 0. The summed E-state index contributed by atoms with van der Waals surface area (Å²) in [6.45, 7) is 9.00. The second-order valence-electron chi connectivity index (χ2n) is 13.5. The molecule has 2 aliphatic carbocycles. The van der Waals surface area contributed by atoms with Crippen molar-refractivity contribution in [3.05, 3.63) is 168 Å². The minimum absolute atomic E-state index is 0.0586. The fraction of sp³-hybridized carbons (Fsp3) is 0.149. The fourth-order valence-electron chi connectivity index (χ4n) is 8.20. The van der Waals surface area contributed by atoms with Crippen LogP contribution in [0.3, 0.4) is 0 Å². The molecule has 0 amide bonds. The van der Waals surface area contributed by atoms with E-state index in [-0.39, 0.29) is 5.41 Å². The summed E-state index contributed by atoms with van der Waals surface area (Å²) in [7, 11) is 0. The van der Waals surface area contributed by atoms with Crippen molar-refractivity contribution in [1.82, 2.24) is 0 Å². The lowest BCUT2D eigenvalue weighted by molar-refractivity contribution is 0.607. The van der Waals surface area contributed by atoms with E-state index in [1.165, 1.54) is 82.8 Å². The van der Waals surface area contributed by atoms with Gasteiger partial charge in [0.25, 0.3) is 0 Å². The molecule has 0 unspecified atom stereocenters. The lowest BCUT2D eigenvalue weighted by Gasteiger charge is -2.26. The molecule has 0 atom stereocenters. The molecule has 0 saturated carbocycles. The van der Waals surface area contributed by atoms with Crippen LogP contribution in [0.4, 0.5) is 0 Å². The fourth-order valence-corrected chi connectivity index (χ4v) is 8.20. The predicted octanol–water partition coefficient (Wildman–Crippen LogP) is 13.4. The van der Waals surface area contributed by atoms with Gasteiger partial charge in [-0.05, 0) is 128 Å². The third-order valence-electron chi connectivity index (χ3n) is 10.5. The molecule has 0 aliphatic heterocycles. The first kappa shape index (κ1) is 29.2. The third-order valence-corrected chi connectivity index (χ3v) is 10.5. The lowest BCUT2D eigenvalue weighted by atomic mass is 9.78. The third kappa shape index (κ3) is 4.74. The summed E-state index contributed by atoms with van der Waals surface area (Å²) in [6.07, 6.45) is 13.5. The molecule has 0 spiro atoms. The molecule has 2 aliphatic rings. The summed E-state index contributed by atoms with van der Waals surface area (Å²) in [5.41, 5.74) is 16.0. The number of fused-ring (bicyclic) bond motifs is 4. The van der Waals surface area contributed by atoms with Gasteiger partial charge in [0.15, 0.2) is 0 Å². The molecule has 0 nitrogen and oxygen atoms in total. The van der Waals surface area contributed by atoms with Gasteiger partial charge in [-0.15, -0.1) is 0 Å². The second kappa shape index (κ2) is 11.6.